The maximum atomic E-state index is 6.03. The molecule has 0 aliphatic rings. The molecule has 0 amide bonds. The SMILES string of the molecule is Nc1cccc(Cl)c1SCc1cnoc1. The summed E-state index contributed by atoms with van der Waals surface area (Å²) < 4.78 is 4.74. The molecule has 1 aromatic carbocycles. The Kier molecular flexibility index (Phi) is 3.18. The van der Waals surface area contributed by atoms with Crippen LogP contribution in [-0.4, -0.2) is 5.16 Å². The van der Waals surface area contributed by atoms with Crippen LogP contribution in [0, 0.1) is 0 Å². The maximum absolute atomic E-state index is 6.03. The summed E-state index contributed by atoms with van der Waals surface area (Å²) in [5.41, 5.74) is 7.53. The van der Waals surface area contributed by atoms with E-state index in [0.717, 1.165) is 16.2 Å². The summed E-state index contributed by atoms with van der Waals surface area (Å²) >= 11 is 7.60. The summed E-state index contributed by atoms with van der Waals surface area (Å²) in [6, 6.07) is 5.50. The molecule has 0 radical (unpaired) electrons. The van der Waals surface area contributed by atoms with E-state index in [0.29, 0.717) is 10.7 Å². The van der Waals surface area contributed by atoms with Crippen molar-refractivity contribution in [3.05, 3.63) is 41.2 Å². The molecule has 2 N–H and O–H groups in total. The van der Waals surface area contributed by atoms with E-state index in [1.807, 2.05) is 18.2 Å². The van der Waals surface area contributed by atoms with Crippen LogP contribution in [0.1, 0.15) is 5.56 Å². The van der Waals surface area contributed by atoms with Gasteiger partial charge in [-0.1, -0.05) is 22.8 Å². The molecule has 3 nitrogen and oxygen atoms in total. The quantitative estimate of drug-likeness (QED) is 0.661. The van der Waals surface area contributed by atoms with Gasteiger partial charge in [-0.05, 0) is 12.1 Å². The van der Waals surface area contributed by atoms with E-state index in [1.165, 1.54) is 0 Å². The Morgan fingerprint density at radius 3 is 3.00 bits per heavy atom. The van der Waals surface area contributed by atoms with E-state index in [2.05, 4.69) is 5.16 Å². The Morgan fingerprint density at radius 2 is 2.33 bits per heavy atom. The standard InChI is InChI=1S/C10H9ClN2OS/c11-8-2-1-3-9(12)10(8)15-6-7-4-13-14-5-7/h1-5H,6,12H2. The van der Waals surface area contributed by atoms with Crippen LogP contribution in [0.3, 0.4) is 0 Å². The van der Waals surface area contributed by atoms with Crippen molar-refractivity contribution in [3.63, 3.8) is 0 Å². The van der Waals surface area contributed by atoms with E-state index in [4.69, 9.17) is 21.9 Å². The van der Waals surface area contributed by atoms with Crippen LogP contribution in [0.4, 0.5) is 5.69 Å². The summed E-state index contributed by atoms with van der Waals surface area (Å²) in [4.78, 5) is 0.903. The molecule has 0 unspecified atom stereocenters. The van der Waals surface area contributed by atoms with E-state index in [9.17, 15) is 0 Å². The number of hydrogen-bond donors (Lipinski definition) is 1. The number of hydrogen-bond acceptors (Lipinski definition) is 4. The molecule has 0 aliphatic carbocycles. The second kappa shape index (κ2) is 4.59. The normalized spacial score (nSPS) is 10.5. The highest BCUT2D eigenvalue weighted by atomic mass is 35.5. The minimum atomic E-state index is 0.677. The van der Waals surface area contributed by atoms with Crippen molar-refractivity contribution < 1.29 is 4.52 Å². The third kappa shape index (κ3) is 2.46. The van der Waals surface area contributed by atoms with Crippen LogP contribution in [0.2, 0.25) is 5.02 Å². The lowest BCUT2D eigenvalue weighted by molar-refractivity contribution is 0.419. The summed E-state index contributed by atoms with van der Waals surface area (Å²) in [7, 11) is 0. The van der Waals surface area contributed by atoms with Gasteiger partial charge in [-0.2, -0.15) is 0 Å². The first-order valence-corrected chi connectivity index (χ1v) is 5.69. The number of rotatable bonds is 3. The molecule has 78 valence electrons. The van der Waals surface area contributed by atoms with Crippen LogP contribution >= 0.6 is 23.4 Å². The zero-order chi connectivity index (χ0) is 10.7. The fourth-order valence-corrected chi connectivity index (χ4v) is 2.37. The first kappa shape index (κ1) is 10.4. The highest BCUT2D eigenvalue weighted by Gasteiger charge is 2.06. The molecule has 0 spiro atoms. The minimum absolute atomic E-state index is 0.677. The summed E-state index contributed by atoms with van der Waals surface area (Å²) in [6.45, 7) is 0. The molecular weight excluding hydrogens is 232 g/mol. The van der Waals surface area contributed by atoms with Gasteiger partial charge < -0.3 is 10.3 Å². The van der Waals surface area contributed by atoms with Crippen LogP contribution in [0.5, 0.6) is 0 Å². The van der Waals surface area contributed by atoms with Crippen molar-refractivity contribution in [2.24, 2.45) is 0 Å². The summed E-state index contributed by atoms with van der Waals surface area (Å²) in [5, 5.41) is 4.30. The first-order chi connectivity index (χ1) is 7.27. The van der Waals surface area contributed by atoms with E-state index >= 15 is 0 Å². The van der Waals surface area contributed by atoms with Crippen LogP contribution in [0.25, 0.3) is 0 Å². The fraction of sp³-hybridized carbons (Fsp3) is 0.100. The third-order valence-corrected chi connectivity index (χ3v) is 3.51. The van der Waals surface area contributed by atoms with E-state index in [-0.39, 0.29) is 0 Å². The lowest BCUT2D eigenvalue weighted by atomic mass is 10.3. The van der Waals surface area contributed by atoms with Gasteiger partial charge in [-0.3, -0.25) is 0 Å². The molecule has 0 fully saturated rings. The van der Waals surface area contributed by atoms with Crippen molar-refractivity contribution in [2.45, 2.75) is 10.6 Å². The molecule has 0 saturated carbocycles. The second-order valence-corrected chi connectivity index (χ2v) is 4.37. The predicted octanol–water partition coefficient (Wildman–Crippen LogP) is 3.20. The van der Waals surface area contributed by atoms with Crippen molar-refractivity contribution >= 4 is 29.1 Å². The number of nitrogens with zero attached hydrogens (tertiary/aromatic N) is 1. The second-order valence-electron chi connectivity index (χ2n) is 2.98. The molecule has 5 heteroatoms. The Balaban J connectivity index is 2.11. The average Bonchev–Trinajstić information content (AvgIpc) is 2.70. The Bertz CT molecular complexity index is 424. The maximum Gasteiger partial charge on any atom is 0.127 e. The zero-order valence-electron chi connectivity index (χ0n) is 7.81. The number of benzene rings is 1. The molecule has 2 aromatic rings. The fourth-order valence-electron chi connectivity index (χ4n) is 1.13. The molecular formula is C10H9ClN2OS. The Morgan fingerprint density at radius 1 is 1.47 bits per heavy atom. The van der Waals surface area contributed by atoms with E-state index < -0.39 is 0 Å². The van der Waals surface area contributed by atoms with Gasteiger partial charge >= 0.3 is 0 Å². The van der Waals surface area contributed by atoms with Gasteiger partial charge in [0.05, 0.1) is 11.2 Å². The number of anilines is 1. The number of nitrogens with two attached hydrogens (primary N) is 1. The number of aromatic nitrogens is 1. The highest BCUT2D eigenvalue weighted by Crippen LogP contribution is 2.34. The van der Waals surface area contributed by atoms with Crippen molar-refractivity contribution in [1.82, 2.24) is 5.16 Å². The topological polar surface area (TPSA) is 52.0 Å². The third-order valence-electron chi connectivity index (χ3n) is 1.86. The Hall–Kier alpha value is -1.13. The van der Waals surface area contributed by atoms with Crippen LogP contribution in [0.15, 0.2) is 40.1 Å². The number of halogens is 1. The molecule has 0 aliphatic heterocycles. The molecule has 0 atom stereocenters. The lowest BCUT2D eigenvalue weighted by Gasteiger charge is -2.05. The monoisotopic (exact) mass is 240 g/mol. The molecule has 1 heterocycles. The van der Waals surface area contributed by atoms with Gasteiger partial charge in [0.1, 0.15) is 6.26 Å². The minimum Gasteiger partial charge on any atom is -0.398 e. The molecule has 2 rings (SSSR count). The first-order valence-electron chi connectivity index (χ1n) is 4.32. The molecule has 15 heavy (non-hydrogen) atoms. The summed E-state index contributed by atoms with van der Waals surface area (Å²) in [6.07, 6.45) is 3.29. The predicted molar refractivity (Wildman–Crippen MR) is 61.9 cm³/mol. The Labute approximate surface area is 96.6 Å². The van der Waals surface area contributed by atoms with Crippen LogP contribution < -0.4 is 5.73 Å². The molecule has 1 aromatic heterocycles. The average molecular weight is 241 g/mol. The van der Waals surface area contributed by atoms with Gasteiger partial charge in [0, 0.05) is 21.9 Å². The number of thioether (sulfide) groups is 1. The van der Waals surface area contributed by atoms with Crippen molar-refractivity contribution in [3.8, 4) is 0 Å². The largest absolute Gasteiger partial charge is 0.398 e. The van der Waals surface area contributed by atoms with Gasteiger partial charge in [-0.15, -0.1) is 11.8 Å². The lowest BCUT2D eigenvalue weighted by Crippen LogP contribution is -1.89. The van der Waals surface area contributed by atoms with Gasteiger partial charge in [-0.25, -0.2) is 0 Å². The molecule has 0 saturated heterocycles. The van der Waals surface area contributed by atoms with E-state index in [1.54, 1.807) is 24.2 Å². The summed E-state index contributed by atoms with van der Waals surface area (Å²) in [5.74, 6) is 0.747. The smallest absolute Gasteiger partial charge is 0.127 e. The zero-order valence-corrected chi connectivity index (χ0v) is 9.39. The van der Waals surface area contributed by atoms with Crippen molar-refractivity contribution in [2.75, 3.05) is 5.73 Å². The van der Waals surface area contributed by atoms with Crippen molar-refractivity contribution in [1.29, 1.82) is 0 Å². The van der Waals surface area contributed by atoms with Gasteiger partial charge in [0.25, 0.3) is 0 Å². The molecule has 0 bridgehead atoms. The van der Waals surface area contributed by atoms with Gasteiger partial charge in [0.2, 0.25) is 0 Å². The van der Waals surface area contributed by atoms with Crippen LogP contribution in [-0.2, 0) is 5.75 Å². The van der Waals surface area contributed by atoms with Gasteiger partial charge in [0.15, 0.2) is 0 Å². The highest BCUT2D eigenvalue weighted by molar-refractivity contribution is 7.98. The number of nitrogen functional groups attached to an aromatic ring is 1.